The summed E-state index contributed by atoms with van der Waals surface area (Å²) in [5.41, 5.74) is 4.00. The highest BCUT2D eigenvalue weighted by atomic mass is 32.1. The zero-order valence-electron chi connectivity index (χ0n) is 17.8. The zero-order valence-corrected chi connectivity index (χ0v) is 18.6. The van der Waals surface area contributed by atoms with Gasteiger partial charge in [-0.25, -0.2) is 9.67 Å². The number of rotatable bonds is 5. The minimum Gasteiger partial charge on any atom is -0.326 e. The molecular weight excluding hydrogens is 410 g/mol. The van der Waals surface area contributed by atoms with Gasteiger partial charge in [-0.2, -0.15) is 5.10 Å². The molecule has 0 aliphatic rings. The molecule has 8 heteroatoms. The monoisotopic (exact) mass is 433 g/mol. The van der Waals surface area contributed by atoms with Gasteiger partial charge in [-0.05, 0) is 56.0 Å². The van der Waals surface area contributed by atoms with E-state index < -0.39 is 0 Å². The van der Waals surface area contributed by atoms with Gasteiger partial charge in [0, 0.05) is 24.3 Å². The maximum atomic E-state index is 13.4. The lowest BCUT2D eigenvalue weighted by molar-refractivity contribution is -0.114. The van der Waals surface area contributed by atoms with Gasteiger partial charge in [0.2, 0.25) is 5.91 Å². The van der Waals surface area contributed by atoms with Crippen LogP contribution in [0.1, 0.15) is 42.7 Å². The molecule has 0 saturated heterocycles. The van der Waals surface area contributed by atoms with Crippen LogP contribution in [0.3, 0.4) is 0 Å². The summed E-state index contributed by atoms with van der Waals surface area (Å²) in [6.07, 6.45) is 1.69. The van der Waals surface area contributed by atoms with Crippen molar-refractivity contribution in [1.82, 2.24) is 14.8 Å². The Morgan fingerprint density at radius 2 is 1.84 bits per heavy atom. The van der Waals surface area contributed by atoms with Gasteiger partial charge < -0.3 is 10.6 Å². The molecule has 31 heavy (non-hydrogen) atoms. The van der Waals surface area contributed by atoms with Crippen molar-refractivity contribution >= 4 is 45.6 Å². The molecule has 0 aliphatic heterocycles. The van der Waals surface area contributed by atoms with Crippen LogP contribution in [0.15, 0.2) is 48.0 Å². The smallest absolute Gasteiger partial charge is 0.256 e. The standard InChI is InChI=1S/C23H23N5O2S/c1-13(2)28-22-17(12-24-28)16(11-20(26-22)21-9-6-10-31-21)23(30)27-19-8-5-7-18(14(19)3)25-15(4)29/h5-13H,1-4H3,(H,25,29)(H,27,30). The SMILES string of the molecule is CC(=O)Nc1cccc(NC(=O)c2cc(-c3cccs3)nc3c2cnn3C(C)C)c1C. The molecule has 2 N–H and O–H groups in total. The molecule has 0 spiro atoms. The van der Waals surface area contributed by atoms with E-state index in [0.717, 1.165) is 16.1 Å². The van der Waals surface area contributed by atoms with Crippen LogP contribution in [-0.4, -0.2) is 26.6 Å². The summed E-state index contributed by atoms with van der Waals surface area (Å²) in [6, 6.07) is 11.3. The van der Waals surface area contributed by atoms with Gasteiger partial charge in [-0.15, -0.1) is 11.3 Å². The number of hydrogen-bond donors (Lipinski definition) is 2. The molecule has 7 nitrogen and oxygen atoms in total. The topological polar surface area (TPSA) is 88.9 Å². The number of amides is 2. The van der Waals surface area contributed by atoms with Crippen LogP contribution < -0.4 is 10.6 Å². The molecule has 0 saturated carbocycles. The Balaban J connectivity index is 1.79. The van der Waals surface area contributed by atoms with Crippen molar-refractivity contribution in [3.63, 3.8) is 0 Å². The molecule has 0 fully saturated rings. The molecule has 4 rings (SSSR count). The third-order valence-electron chi connectivity index (χ3n) is 4.97. The molecule has 4 aromatic rings. The number of hydrogen-bond acceptors (Lipinski definition) is 5. The van der Waals surface area contributed by atoms with Gasteiger partial charge in [0.15, 0.2) is 5.65 Å². The summed E-state index contributed by atoms with van der Waals surface area (Å²) in [5, 5.41) is 12.9. The summed E-state index contributed by atoms with van der Waals surface area (Å²) >= 11 is 1.57. The second-order valence-corrected chi connectivity index (χ2v) is 8.51. The summed E-state index contributed by atoms with van der Waals surface area (Å²) in [5.74, 6) is -0.416. The van der Waals surface area contributed by atoms with E-state index in [4.69, 9.17) is 4.98 Å². The fourth-order valence-electron chi connectivity index (χ4n) is 3.42. The van der Waals surface area contributed by atoms with Crippen LogP contribution in [0.4, 0.5) is 11.4 Å². The Morgan fingerprint density at radius 3 is 2.48 bits per heavy atom. The Hall–Kier alpha value is -3.52. The van der Waals surface area contributed by atoms with E-state index in [9.17, 15) is 9.59 Å². The number of nitrogens with zero attached hydrogens (tertiary/aromatic N) is 3. The van der Waals surface area contributed by atoms with E-state index in [0.29, 0.717) is 28.0 Å². The number of aromatic nitrogens is 3. The summed E-state index contributed by atoms with van der Waals surface area (Å²) in [7, 11) is 0. The number of benzene rings is 1. The van der Waals surface area contributed by atoms with E-state index >= 15 is 0 Å². The molecule has 0 atom stereocenters. The third-order valence-corrected chi connectivity index (χ3v) is 5.86. The highest BCUT2D eigenvalue weighted by Crippen LogP contribution is 2.30. The summed E-state index contributed by atoms with van der Waals surface area (Å²) < 4.78 is 1.83. The van der Waals surface area contributed by atoms with E-state index in [2.05, 4.69) is 15.7 Å². The van der Waals surface area contributed by atoms with Crippen LogP contribution in [0.5, 0.6) is 0 Å². The number of pyridine rings is 1. The third kappa shape index (κ3) is 4.06. The van der Waals surface area contributed by atoms with Crippen molar-refractivity contribution in [3.05, 3.63) is 59.1 Å². The molecular formula is C23H23N5O2S. The van der Waals surface area contributed by atoms with Crippen molar-refractivity contribution in [3.8, 4) is 10.6 Å². The summed E-state index contributed by atoms with van der Waals surface area (Å²) in [4.78, 5) is 30.6. The number of carbonyl (C=O) groups is 2. The molecule has 158 valence electrons. The minimum absolute atomic E-state index is 0.107. The Morgan fingerprint density at radius 1 is 1.10 bits per heavy atom. The molecule has 3 heterocycles. The normalized spacial score (nSPS) is 11.1. The molecule has 2 amide bonds. The van der Waals surface area contributed by atoms with Gasteiger partial charge in [-0.1, -0.05) is 12.1 Å². The van der Waals surface area contributed by atoms with Crippen LogP contribution in [0.25, 0.3) is 21.6 Å². The Bertz CT molecular complexity index is 1270. The first-order valence-electron chi connectivity index (χ1n) is 9.96. The fourth-order valence-corrected chi connectivity index (χ4v) is 4.11. The number of fused-ring (bicyclic) bond motifs is 1. The van der Waals surface area contributed by atoms with E-state index in [1.807, 2.05) is 55.1 Å². The van der Waals surface area contributed by atoms with E-state index in [1.165, 1.54) is 6.92 Å². The van der Waals surface area contributed by atoms with Gasteiger partial charge in [0.25, 0.3) is 5.91 Å². The highest BCUT2D eigenvalue weighted by Gasteiger charge is 2.20. The average molecular weight is 434 g/mol. The second kappa shape index (κ2) is 8.31. The minimum atomic E-state index is -0.253. The first-order chi connectivity index (χ1) is 14.8. The van der Waals surface area contributed by atoms with Crippen molar-refractivity contribution in [2.45, 2.75) is 33.7 Å². The van der Waals surface area contributed by atoms with Crippen molar-refractivity contribution < 1.29 is 9.59 Å². The van der Waals surface area contributed by atoms with Crippen LogP contribution in [0, 0.1) is 6.92 Å². The molecule has 0 aliphatic carbocycles. The second-order valence-electron chi connectivity index (χ2n) is 7.57. The predicted octanol–water partition coefficient (Wildman–Crippen LogP) is 5.26. The number of carbonyl (C=O) groups excluding carboxylic acids is 2. The number of anilines is 2. The van der Waals surface area contributed by atoms with E-state index in [1.54, 1.807) is 29.7 Å². The molecule has 0 unspecified atom stereocenters. The van der Waals surface area contributed by atoms with E-state index in [-0.39, 0.29) is 17.9 Å². The molecule has 1 aromatic carbocycles. The first-order valence-corrected chi connectivity index (χ1v) is 10.8. The lowest BCUT2D eigenvalue weighted by atomic mass is 10.1. The van der Waals surface area contributed by atoms with Crippen molar-refractivity contribution in [2.75, 3.05) is 10.6 Å². The summed E-state index contributed by atoms with van der Waals surface area (Å²) in [6.45, 7) is 7.37. The predicted molar refractivity (Wildman–Crippen MR) is 125 cm³/mol. The van der Waals surface area contributed by atoms with Crippen molar-refractivity contribution in [1.29, 1.82) is 0 Å². The lowest BCUT2D eigenvalue weighted by Crippen LogP contribution is -2.15. The number of thiophene rings is 1. The average Bonchev–Trinajstić information content (AvgIpc) is 3.39. The molecule has 0 radical (unpaired) electrons. The lowest BCUT2D eigenvalue weighted by Gasteiger charge is -2.14. The molecule has 0 bridgehead atoms. The first kappa shape index (κ1) is 20.7. The maximum absolute atomic E-state index is 13.4. The zero-order chi connectivity index (χ0) is 22.1. The quantitative estimate of drug-likeness (QED) is 0.449. The Kier molecular flexibility index (Phi) is 5.56. The fraction of sp³-hybridized carbons (Fsp3) is 0.217. The van der Waals surface area contributed by atoms with Crippen LogP contribution in [-0.2, 0) is 4.79 Å². The van der Waals surface area contributed by atoms with Crippen LogP contribution >= 0.6 is 11.3 Å². The largest absolute Gasteiger partial charge is 0.326 e. The van der Waals surface area contributed by atoms with Crippen LogP contribution in [0.2, 0.25) is 0 Å². The van der Waals surface area contributed by atoms with Gasteiger partial charge in [-0.3, -0.25) is 9.59 Å². The Labute approximate surface area is 184 Å². The van der Waals surface area contributed by atoms with Gasteiger partial charge in [0.05, 0.1) is 27.7 Å². The number of nitrogens with one attached hydrogen (secondary N) is 2. The van der Waals surface area contributed by atoms with Crippen molar-refractivity contribution in [2.24, 2.45) is 0 Å². The van der Waals surface area contributed by atoms with Gasteiger partial charge >= 0.3 is 0 Å². The molecule has 3 aromatic heterocycles. The maximum Gasteiger partial charge on any atom is 0.256 e. The highest BCUT2D eigenvalue weighted by molar-refractivity contribution is 7.13. The van der Waals surface area contributed by atoms with Gasteiger partial charge in [0.1, 0.15) is 0 Å².